The maximum atomic E-state index is 13.1. The first-order valence-corrected chi connectivity index (χ1v) is 9.75. The topological polar surface area (TPSA) is 47.6 Å². The van der Waals surface area contributed by atoms with E-state index in [1.807, 2.05) is 38.4 Å². The van der Waals surface area contributed by atoms with Crippen LogP contribution in [-0.2, 0) is 13.1 Å². The Hall–Kier alpha value is -2.60. The van der Waals surface area contributed by atoms with Crippen LogP contribution in [0.3, 0.4) is 0 Å². The summed E-state index contributed by atoms with van der Waals surface area (Å²) in [5, 5.41) is 5.95. The fraction of sp³-hybridized carbons (Fsp3) is 0.409. The smallest absolute Gasteiger partial charge is 0.315 e. The largest absolute Gasteiger partial charge is 0.371 e. The molecule has 150 valence electrons. The van der Waals surface area contributed by atoms with Crippen LogP contribution < -0.4 is 15.5 Å². The molecule has 5 nitrogen and oxygen atoms in total. The number of amides is 2. The van der Waals surface area contributed by atoms with Crippen LogP contribution in [0.1, 0.15) is 17.5 Å². The first-order valence-electron chi connectivity index (χ1n) is 9.75. The molecule has 0 bridgehead atoms. The van der Waals surface area contributed by atoms with Crippen molar-refractivity contribution in [1.82, 2.24) is 15.5 Å². The van der Waals surface area contributed by atoms with E-state index in [9.17, 15) is 9.18 Å². The van der Waals surface area contributed by atoms with Crippen LogP contribution in [0.5, 0.6) is 0 Å². The van der Waals surface area contributed by atoms with E-state index in [1.54, 1.807) is 0 Å². The van der Waals surface area contributed by atoms with Crippen molar-refractivity contribution in [3.05, 3.63) is 65.5 Å². The predicted molar refractivity (Wildman–Crippen MR) is 111 cm³/mol. The third-order valence-corrected chi connectivity index (χ3v) is 5.07. The molecule has 2 N–H and O–H groups in total. The van der Waals surface area contributed by atoms with Crippen molar-refractivity contribution < 1.29 is 9.18 Å². The first kappa shape index (κ1) is 20.1. The summed E-state index contributed by atoms with van der Waals surface area (Å²) in [7, 11) is 4.07. The Balaban J connectivity index is 1.42. The Kier molecular flexibility index (Phi) is 6.87. The summed E-state index contributed by atoms with van der Waals surface area (Å²) in [6.45, 7) is 3.81. The number of halogens is 1. The Labute approximate surface area is 166 Å². The number of nitrogens with zero attached hydrogens (tertiary/aromatic N) is 2. The van der Waals surface area contributed by atoms with Gasteiger partial charge in [-0.3, -0.25) is 0 Å². The number of carbonyl (C=O) groups is 1. The Morgan fingerprint density at radius 1 is 1.11 bits per heavy atom. The third-order valence-electron chi connectivity index (χ3n) is 5.07. The van der Waals surface area contributed by atoms with E-state index >= 15 is 0 Å². The second-order valence-electron chi connectivity index (χ2n) is 7.65. The molecule has 2 aromatic rings. The van der Waals surface area contributed by atoms with Gasteiger partial charge < -0.3 is 20.4 Å². The minimum atomic E-state index is -0.218. The maximum Gasteiger partial charge on any atom is 0.315 e. The molecule has 1 aliphatic rings. The van der Waals surface area contributed by atoms with Crippen molar-refractivity contribution in [2.45, 2.75) is 19.5 Å². The molecule has 0 aliphatic carbocycles. The van der Waals surface area contributed by atoms with Crippen LogP contribution in [0, 0.1) is 11.7 Å². The quantitative estimate of drug-likeness (QED) is 0.771. The van der Waals surface area contributed by atoms with Gasteiger partial charge in [0.1, 0.15) is 5.82 Å². The second-order valence-corrected chi connectivity index (χ2v) is 7.65. The first-order chi connectivity index (χ1) is 13.5. The van der Waals surface area contributed by atoms with E-state index in [0.29, 0.717) is 19.0 Å². The molecule has 1 fully saturated rings. The fourth-order valence-electron chi connectivity index (χ4n) is 3.59. The van der Waals surface area contributed by atoms with Crippen molar-refractivity contribution in [2.24, 2.45) is 5.92 Å². The van der Waals surface area contributed by atoms with E-state index in [1.165, 1.54) is 17.7 Å². The Bertz CT molecular complexity index is 778. The van der Waals surface area contributed by atoms with Gasteiger partial charge in [0.05, 0.1) is 0 Å². The van der Waals surface area contributed by atoms with Gasteiger partial charge in [-0.2, -0.15) is 0 Å². The highest BCUT2D eigenvalue weighted by molar-refractivity contribution is 5.73. The van der Waals surface area contributed by atoms with Gasteiger partial charge in [0, 0.05) is 38.4 Å². The lowest BCUT2D eigenvalue weighted by atomic mass is 10.1. The summed E-state index contributed by atoms with van der Waals surface area (Å²) in [6, 6.07) is 14.6. The predicted octanol–water partition coefficient (Wildman–Crippen LogP) is 3.21. The molecule has 0 radical (unpaired) electrons. The summed E-state index contributed by atoms with van der Waals surface area (Å²) >= 11 is 0. The summed E-state index contributed by atoms with van der Waals surface area (Å²) in [6.07, 6.45) is 1.02. The minimum absolute atomic E-state index is 0.139. The number of nitrogens with one attached hydrogen (secondary N) is 2. The summed E-state index contributed by atoms with van der Waals surface area (Å²) in [5.41, 5.74) is 3.39. The van der Waals surface area contributed by atoms with Gasteiger partial charge in [0.15, 0.2) is 0 Å². The molecule has 1 unspecified atom stereocenters. The van der Waals surface area contributed by atoms with Crippen molar-refractivity contribution in [3.8, 4) is 0 Å². The molecule has 3 rings (SSSR count). The number of carbonyl (C=O) groups excluding carboxylic acids is 1. The number of hydrogen-bond donors (Lipinski definition) is 2. The second kappa shape index (κ2) is 9.55. The van der Waals surface area contributed by atoms with Crippen LogP contribution in [0.15, 0.2) is 48.5 Å². The molecule has 1 aliphatic heterocycles. The number of urea groups is 1. The van der Waals surface area contributed by atoms with E-state index in [0.717, 1.165) is 37.3 Å². The lowest BCUT2D eigenvalue weighted by Crippen LogP contribution is -2.38. The van der Waals surface area contributed by atoms with Crippen molar-refractivity contribution in [3.63, 3.8) is 0 Å². The molecule has 1 saturated heterocycles. The Morgan fingerprint density at radius 3 is 2.54 bits per heavy atom. The molecule has 1 atom stereocenters. The van der Waals surface area contributed by atoms with Crippen LogP contribution in [0.25, 0.3) is 0 Å². The average molecular weight is 384 g/mol. The van der Waals surface area contributed by atoms with Crippen molar-refractivity contribution >= 4 is 11.7 Å². The Morgan fingerprint density at radius 2 is 1.82 bits per heavy atom. The van der Waals surface area contributed by atoms with Crippen LogP contribution in [0.4, 0.5) is 14.9 Å². The average Bonchev–Trinajstić information content (AvgIpc) is 3.15. The molecule has 2 amide bonds. The van der Waals surface area contributed by atoms with Gasteiger partial charge in [-0.25, -0.2) is 9.18 Å². The van der Waals surface area contributed by atoms with Gasteiger partial charge >= 0.3 is 6.03 Å². The molecule has 28 heavy (non-hydrogen) atoms. The van der Waals surface area contributed by atoms with Crippen molar-refractivity contribution in [1.29, 1.82) is 0 Å². The number of hydrogen-bond acceptors (Lipinski definition) is 3. The molecule has 6 heteroatoms. The minimum Gasteiger partial charge on any atom is -0.371 e. The number of benzene rings is 2. The monoisotopic (exact) mass is 384 g/mol. The highest BCUT2D eigenvalue weighted by atomic mass is 19.1. The van der Waals surface area contributed by atoms with E-state index in [-0.39, 0.29) is 11.8 Å². The highest BCUT2D eigenvalue weighted by Crippen LogP contribution is 2.23. The molecular weight excluding hydrogens is 355 g/mol. The summed E-state index contributed by atoms with van der Waals surface area (Å²) < 4.78 is 13.1. The van der Waals surface area contributed by atoms with E-state index < -0.39 is 0 Å². The van der Waals surface area contributed by atoms with Gasteiger partial charge in [-0.05, 0) is 61.8 Å². The van der Waals surface area contributed by atoms with Gasteiger partial charge in [0.2, 0.25) is 0 Å². The number of rotatable bonds is 7. The maximum absolute atomic E-state index is 13.1. The zero-order valence-electron chi connectivity index (χ0n) is 16.6. The van der Waals surface area contributed by atoms with Gasteiger partial charge in [0.25, 0.3) is 0 Å². The van der Waals surface area contributed by atoms with Gasteiger partial charge in [-0.15, -0.1) is 0 Å². The lowest BCUT2D eigenvalue weighted by molar-refractivity contribution is 0.239. The zero-order chi connectivity index (χ0) is 19.9. The van der Waals surface area contributed by atoms with E-state index in [2.05, 4.69) is 32.6 Å². The molecule has 2 aromatic carbocycles. The zero-order valence-corrected chi connectivity index (χ0v) is 16.6. The molecular formula is C22H29FN4O. The van der Waals surface area contributed by atoms with E-state index in [4.69, 9.17) is 0 Å². The molecule has 0 saturated carbocycles. The normalized spacial score (nSPS) is 16.4. The standard InChI is InChI=1S/C22H29FN4O/c1-26(2)16-19-6-4-3-5-18(19)14-25-22(28)24-13-17-11-12-27(15-17)21-9-7-20(23)8-10-21/h3-10,17H,11-16H2,1-2H3,(H2,24,25,28). The summed E-state index contributed by atoms with van der Waals surface area (Å²) in [4.78, 5) is 16.6. The lowest BCUT2D eigenvalue weighted by Gasteiger charge is -2.19. The fourth-order valence-corrected chi connectivity index (χ4v) is 3.59. The molecule has 0 spiro atoms. The third kappa shape index (κ3) is 5.70. The van der Waals surface area contributed by atoms with Crippen LogP contribution in [-0.4, -0.2) is 44.7 Å². The number of anilines is 1. The van der Waals surface area contributed by atoms with Crippen LogP contribution in [0.2, 0.25) is 0 Å². The SMILES string of the molecule is CN(C)Cc1ccccc1CNC(=O)NCC1CCN(c2ccc(F)cc2)C1. The van der Waals surface area contributed by atoms with Crippen LogP contribution >= 0.6 is 0 Å². The molecule has 1 heterocycles. The van der Waals surface area contributed by atoms with Gasteiger partial charge in [-0.1, -0.05) is 24.3 Å². The summed E-state index contributed by atoms with van der Waals surface area (Å²) in [5.74, 6) is 0.182. The van der Waals surface area contributed by atoms with Crippen molar-refractivity contribution in [2.75, 3.05) is 38.6 Å². The highest BCUT2D eigenvalue weighted by Gasteiger charge is 2.23. The molecule has 0 aromatic heterocycles.